The van der Waals surface area contributed by atoms with E-state index in [0.29, 0.717) is 12.0 Å². The third-order valence-corrected chi connectivity index (χ3v) is 5.36. The van der Waals surface area contributed by atoms with Crippen LogP contribution in [0.15, 0.2) is 23.1 Å². The molecule has 0 aromatic heterocycles. The average molecular weight is 312 g/mol. The van der Waals surface area contributed by atoms with E-state index in [0.717, 1.165) is 12.8 Å². The molecule has 1 fully saturated rings. The molecule has 0 bridgehead atoms. The summed E-state index contributed by atoms with van der Waals surface area (Å²) in [6, 6.07) is 4.28. The number of aliphatic hydroxyl groups excluding tert-OH is 1. The average Bonchev–Trinajstić information content (AvgIpc) is 2.82. The predicted molar refractivity (Wildman–Crippen MR) is 78.2 cm³/mol. The summed E-state index contributed by atoms with van der Waals surface area (Å²) in [6.45, 7) is 1.89. The first-order valence-corrected chi connectivity index (χ1v) is 8.38. The zero-order chi connectivity index (χ0) is 15.6. The Hall–Kier alpha value is -1.44. The van der Waals surface area contributed by atoms with Crippen molar-refractivity contribution in [2.24, 2.45) is 11.7 Å². The number of rotatable bonds is 5. The van der Waals surface area contributed by atoms with E-state index in [-0.39, 0.29) is 22.9 Å². The summed E-state index contributed by atoms with van der Waals surface area (Å²) in [4.78, 5) is 11.3. The number of aryl methyl sites for hydroxylation is 1. The Balaban J connectivity index is 2.15. The summed E-state index contributed by atoms with van der Waals surface area (Å²) in [6.07, 6.45) is 1.98. The highest BCUT2D eigenvalue weighted by molar-refractivity contribution is 7.89. The lowest BCUT2D eigenvalue weighted by atomic mass is 10.1. The van der Waals surface area contributed by atoms with Crippen LogP contribution in [0.25, 0.3) is 0 Å². The third kappa shape index (κ3) is 3.61. The lowest BCUT2D eigenvalue weighted by molar-refractivity contribution is 0.0999. The highest BCUT2D eigenvalue weighted by atomic mass is 32.2. The summed E-state index contributed by atoms with van der Waals surface area (Å²) < 4.78 is 27.0. The normalized spacial score (nSPS) is 22.4. The monoisotopic (exact) mass is 312 g/mol. The number of benzene rings is 1. The van der Waals surface area contributed by atoms with Crippen LogP contribution >= 0.6 is 0 Å². The first kappa shape index (κ1) is 15.9. The van der Waals surface area contributed by atoms with Crippen LogP contribution < -0.4 is 10.5 Å². The Morgan fingerprint density at radius 2 is 2.14 bits per heavy atom. The quantitative estimate of drug-likeness (QED) is 0.737. The molecule has 1 saturated carbocycles. The van der Waals surface area contributed by atoms with Gasteiger partial charge in [0.15, 0.2) is 0 Å². The summed E-state index contributed by atoms with van der Waals surface area (Å²) in [5.41, 5.74) is 6.06. The van der Waals surface area contributed by atoms with Crippen LogP contribution in [-0.2, 0) is 10.0 Å². The second-order valence-electron chi connectivity index (χ2n) is 5.45. The van der Waals surface area contributed by atoms with Crippen molar-refractivity contribution in [3.8, 4) is 0 Å². The molecule has 1 amide bonds. The van der Waals surface area contributed by atoms with Crippen LogP contribution in [0.3, 0.4) is 0 Å². The second-order valence-corrected chi connectivity index (χ2v) is 7.22. The fourth-order valence-corrected chi connectivity index (χ4v) is 3.71. The zero-order valence-corrected chi connectivity index (χ0v) is 12.7. The third-order valence-electron chi connectivity index (χ3n) is 3.94. The number of nitrogens with two attached hydrogens (primary N) is 1. The molecule has 2 unspecified atom stereocenters. The van der Waals surface area contributed by atoms with Gasteiger partial charge in [0.25, 0.3) is 0 Å². The van der Waals surface area contributed by atoms with Crippen molar-refractivity contribution in [3.63, 3.8) is 0 Å². The number of carbonyl (C=O) groups excluding carboxylic acids is 1. The lowest BCUT2D eigenvalue weighted by Crippen LogP contribution is -2.32. The Bertz CT molecular complexity index is 642. The number of nitrogens with one attached hydrogen (secondary N) is 1. The number of amides is 1. The summed E-state index contributed by atoms with van der Waals surface area (Å²) in [5.74, 6) is -0.711. The number of hydrogen-bond donors (Lipinski definition) is 3. The number of primary amides is 1. The number of carbonyl (C=O) groups is 1. The molecule has 0 radical (unpaired) electrons. The largest absolute Gasteiger partial charge is 0.393 e. The molecule has 1 aliphatic rings. The molecule has 6 nitrogen and oxygen atoms in total. The minimum atomic E-state index is -3.71. The van der Waals surface area contributed by atoms with Crippen molar-refractivity contribution in [1.29, 1.82) is 0 Å². The molecule has 1 aliphatic carbocycles. The SMILES string of the molecule is Cc1ccc(S(=O)(=O)NCC2CCCC2O)cc1C(N)=O. The Morgan fingerprint density at radius 3 is 2.71 bits per heavy atom. The van der Waals surface area contributed by atoms with Gasteiger partial charge in [-0.25, -0.2) is 13.1 Å². The summed E-state index contributed by atoms with van der Waals surface area (Å²) in [7, 11) is -3.71. The van der Waals surface area contributed by atoms with Crippen LogP contribution in [0, 0.1) is 12.8 Å². The van der Waals surface area contributed by atoms with E-state index in [1.807, 2.05) is 0 Å². The van der Waals surface area contributed by atoms with E-state index < -0.39 is 22.0 Å². The Morgan fingerprint density at radius 1 is 1.43 bits per heavy atom. The lowest BCUT2D eigenvalue weighted by Gasteiger charge is -2.15. The Labute approximate surface area is 124 Å². The van der Waals surface area contributed by atoms with E-state index in [4.69, 9.17) is 5.73 Å². The van der Waals surface area contributed by atoms with E-state index in [1.54, 1.807) is 13.0 Å². The fourth-order valence-electron chi connectivity index (χ4n) is 2.59. The van der Waals surface area contributed by atoms with Crippen LogP contribution in [0.5, 0.6) is 0 Å². The molecule has 1 aromatic carbocycles. The standard InChI is InChI=1S/C14H20N2O4S/c1-9-5-6-11(7-12(9)14(15)18)21(19,20)16-8-10-3-2-4-13(10)17/h5-7,10,13,16-17H,2-4,8H2,1H3,(H2,15,18). The van der Waals surface area contributed by atoms with E-state index >= 15 is 0 Å². The van der Waals surface area contributed by atoms with Crippen LogP contribution in [-0.4, -0.2) is 32.1 Å². The number of hydrogen-bond acceptors (Lipinski definition) is 4. The zero-order valence-electron chi connectivity index (χ0n) is 11.9. The van der Waals surface area contributed by atoms with Gasteiger partial charge in [-0.3, -0.25) is 4.79 Å². The molecule has 0 spiro atoms. The maximum atomic E-state index is 12.2. The van der Waals surface area contributed by atoms with Gasteiger partial charge in [-0.05, 0) is 43.4 Å². The molecule has 2 rings (SSSR count). The van der Waals surface area contributed by atoms with Crippen LogP contribution in [0.4, 0.5) is 0 Å². The predicted octanol–water partition coefficient (Wildman–Crippen LogP) is 0.533. The van der Waals surface area contributed by atoms with Crippen molar-refractivity contribution in [1.82, 2.24) is 4.72 Å². The maximum absolute atomic E-state index is 12.2. The van der Waals surface area contributed by atoms with E-state index in [2.05, 4.69) is 4.72 Å². The molecule has 116 valence electrons. The van der Waals surface area contributed by atoms with Gasteiger partial charge in [-0.1, -0.05) is 12.5 Å². The first-order chi connectivity index (χ1) is 9.81. The highest BCUT2D eigenvalue weighted by Crippen LogP contribution is 2.25. The van der Waals surface area contributed by atoms with Gasteiger partial charge in [0, 0.05) is 12.1 Å². The van der Waals surface area contributed by atoms with E-state index in [9.17, 15) is 18.3 Å². The highest BCUT2D eigenvalue weighted by Gasteiger charge is 2.27. The molecular formula is C14H20N2O4S. The molecule has 0 heterocycles. The molecule has 2 atom stereocenters. The minimum absolute atomic E-state index is 0.00869. The van der Waals surface area contributed by atoms with Gasteiger partial charge in [0.1, 0.15) is 0 Å². The topological polar surface area (TPSA) is 109 Å². The van der Waals surface area contributed by atoms with Gasteiger partial charge in [0.2, 0.25) is 15.9 Å². The van der Waals surface area contributed by atoms with Crippen molar-refractivity contribution in [2.45, 2.75) is 37.2 Å². The number of aliphatic hydroxyl groups is 1. The fraction of sp³-hybridized carbons (Fsp3) is 0.500. The molecule has 4 N–H and O–H groups in total. The van der Waals surface area contributed by atoms with Crippen molar-refractivity contribution < 1.29 is 18.3 Å². The minimum Gasteiger partial charge on any atom is -0.393 e. The first-order valence-electron chi connectivity index (χ1n) is 6.89. The molecule has 21 heavy (non-hydrogen) atoms. The number of sulfonamides is 1. The molecule has 7 heteroatoms. The van der Waals surface area contributed by atoms with Crippen molar-refractivity contribution in [3.05, 3.63) is 29.3 Å². The van der Waals surface area contributed by atoms with Gasteiger partial charge >= 0.3 is 0 Å². The van der Waals surface area contributed by atoms with Crippen molar-refractivity contribution in [2.75, 3.05) is 6.54 Å². The van der Waals surface area contributed by atoms with Gasteiger partial charge in [0.05, 0.1) is 11.0 Å². The Kier molecular flexibility index (Phi) is 4.65. The molecule has 1 aromatic rings. The van der Waals surface area contributed by atoms with Gasteiger partial charge < -0.3 is 10.8 Å². The van der Waals surface area contributed by atoms with Gasteiger partial charge in [-0.2, -0.15) is 0 Å². The summed E-state index contributed by atoms with van der Waals surface area (Å²) in [5, 5.41) is 9.71. The van der Waals surface area contributed by atoms with Crippen LogP contribution in [0.2, 0.25) is 0 Å². The molecule has 0 aliphatic heterocycles. The smallest absolute Gasteiger partial charge is 0.249 e. The van der Waals surface area contributed by atoms with Gasteiger partial charge in [-0.15, -0.1) is 0 Å². The molecular weight excluding hydrogens is 292 g/mol. The summed E-state index contributed by atoms with van der Waals surface area (Å²) >= 11 is 0. The molecule has 0 saturated heterocycles. The van der Waals surface area contributed by atoms with Crippen molar-refractivity contribution >= 4 is 15.9 Å². The van der Waals surface area contributed by atoms with E-state index in [1.165, 1.54) is 12.1 Å². The second kappa shape index (κ2) is 6.13. The maximum Gasteiger partial charge on any atom is 0.249 e. The van der Waals surface area contributed by atoms with Crippen LogP contribution in [0.1, 0.15) is 35.2 Å².